The maximum atomic E-state index is 12.3. The molecule has 1 aromatic rings. The van der Waals surface area contributed by atoms with E-state index in [9.17, 15) is 4.79 Å². The molecule has 1 aromatic heterocycles. The fourth-order valence-corrected chi connectivity index (χ4v) is 2.48. The second-order valence-electron chi connectivity index (χ2n) is 5.03. The molecule has 104 valence electrons. The first-order valence-electron chi connectivity index (χ1n) is 6.44. The number of halogens is 1. The van der Waals surface area contributed by atoms with Crippen molar-refractivity contribution in [2.75, 3.05) is 31.9 Å². The van der Waals surface area contributed by atoms with Gasteiger partial charge in [0.25, 0.3) is 5.91 Å². The molecule has 0 spiro atoms. The smallest absolute Gasteiger partial charge is 0.254 e. The van der Waals surface area contributed by atoms with Crippen LogP contribution in [0.1, 0.15) is 24.2 Å². The zero-order chi connectivity index (χ0) is 14.0. The van der Waals surface area contributed by atoms with Crippen molar-refractivity contribution < 1.29 is 4.79 Å². The van der Waals surface area contributed by atoms with Gasteiger partial charge in [-0.2, -0.15) is 0 Å². The van der Waals surface area contributed by atoms with Crippen LogP contribution < -0.4 is 5.73 Å². The van der Waals surface area contributed by atoms with Crippen LogP contribution in [-0.2, 0) is 0 Å². The molecular weight excluding hydrogens is 264 g/mol. The van der Waals surface area contributed by atoms with Crippen molar-refractivity contribution in [2.45, 2.75) is 19.9 Å². The Morgan fingerprint density at radius 1 is 1.32 bits per heavy atom. The molecule has 0 unspecified atom stereocenters. The zero-order valence-corrected chi connectivity index (χ0v) is 12.0. The van der Waals surface area contributed by atoms with Crippen LogP contribution in [0.2, 0.25) is 5.15 Å². The van der Waals surface area contributed by atoms with Gasteiger partial charge in [-0.1, -0.05) is 11.6 Å². The molecule has 1 amide bonds. The predicted octanol–water partition coefficient (Wildman–Crippen LogP) is 1.48. The molecule has 0 aromatic carbocycles. The van der Waals surface area contributed by atoms with Gasteiger partial charge in [-0.25, -0.2) is 4.98 Å². The monoisotopic (exact) mass is 282 g/mol. The van der Waals surface area contributed by atoms with Crippen LogP contribution in [-0.4, -0.2) is 52.9 Å². The van der Waals surface area contributed by atoms with Gasteiger partial charge in [0.1, 0.15) is 11.0 Å². The number of nitrogens with two attached hydrogens (primary N) is 1. The fraction of sp³-hybridized carbons (Fsp3) is 0.538. The Morgan fingerprint density at radius 3 is 2.47 bits per heavy atom. The predicted molar refractivity (Wildman–Crippen MR) is 76.3 cm³/mol. The SMILES string of the molecule is CC(C)N1CCN(C(=O)c2cc(N)nc(Cl)c2)CC1. The van der Waals surface area contributed by atoms with Gasteiger partial charge < -0.3 is 10.6 Å². The molecule has 0 aliphatic carbocycles. The molecule has 0 bridgehead atoms. The summed E-state index contributed by atoms with van der Waals surface area (Å²) in [7, 11) is 0. The lowest BCUT2D eigenvalue weighted by atomic mass is 10.2. The number of rotatable bonds is 2. The zero-order valence-electron chi connectivity index (χ0n) is 11.3. The Labute approximate surface area is 118 Å². The molecular formula is C13H19ClN4O. The van der Waals surface area contributed by atoms with Crippen molar-refractivity contribution in [3.8, 4) is 0 Å². The Kier molecular flexibility index (Phi) is 4.27. The van der Waals surface area contributed by atoms with Gasteiger partial charge in [-0.3, -0.25) is 9.69 Å². The summed E-state index contributed by atoms with van der Waals surface area (Å²) in [5.41, 5.74) is 6.12. The van der Waals surface area contributed by atoms with E-state index in [1.54, 1.807) is 12.1 Å². The Morgan fingerprint density at radius 2 is 1.95 bits per heavy atom. The number of carbonyl (C=O) groups excluding carboxylic acids is 1. The standard InChI is InChI=1S/C13H19ClN4O/c1-9(2)17-3-5-18(6-4-17)13(19)10-7-11(14)16-12(15)8-10/h7-9H,3-6H2,1-2H3,(H2,15,16). The van der Waals surface area contributed by atoms with Crippen LogP contribution in [0, 0.1) is 0 Å². The highest BCUT2D eigenvalue weighted by atomic mass is 35.5. The van der Waals surface area contributed by atoms with Crippen molar-refractivity contribution in [2.24, 2.45) is 0 Å². The van der Waals surface area contributed by atoms with E-state index >= 15 is 0 Å². The molecule has 0 saturated carbocycles. The van der Waals surface area contributed by atoms with Gasteiger partial charge in [0.05, 0.1) is 0 Å². The summed E-state index contributed by atoms with van der Waals surface area (Å²) in [6.07, 6.45) is 0. The number of anilines is 1. The number of amides is 1. The van der Waals surface area contributed by atoms with Gasteiger partial charge in [0, 0.05) is 37.8 Å². The van der Waals surface area contributed by atoms with Crippen molar-refractivity contribution in [3.63, 3.8) is 0 Å². The van der Waals surface area contributed by atoms with Gasteiger partial charge >= 0.3 is 0 Å². The first-order chi connectivity index (χ1) is 8.97. The molecule has 1 saturated heterocycles. The number of nitrogens with zero attached hydrogens (tertiary/aromatic N) is 3. The number of nitrogen functional groups attached to an aromatic ring is 1. The number of carbonyl (C=O) groups is 1. The average molecular weight is 283 g/mol. The molecule has 0 radical (unpaired) electrons. The van der Waals surface area contributed by atoms with Crippen LogP contribution in [0.25, 0.3) is 0 Å². The van der Waals surface area contributed by atoms with Crippen LogP contribution in [0.15, 0.2) is 12.1 Å². The number of hydrogen-bond donors (Lipinski definition) is 1. The maximum absolute atomic E-state index is 12.3. The molecule has 2 heterocycles. The molecule has 2 rings (SSSR count). The third-order valence-corrected chi connectivity index (χ3v) is 3.59. The largest absolute Gasteiger partial charge is 0.384 e. The Bertz CT molecular complexity index is 449. The first kappa shape index (κ1) is 14.1. The van der Waals surface area contributed by atoms with Gasteiger partial charge in [0.2, 0.25) is 0 Å². The number of pyridine rings is 1. The van der Waals surface area contributed by atoms with E-state index in [4.69, 9.17) is 17.3 Å². The van der Waals surface area contributed by atoms with E-state index in [0.29, 0.717) is 11.6 Å². The lowest BCUT2D eigenvalue weighted by Crippen LogP contribution is -2.50. The number of hydrogen-bond acceptors (Lipinski definition) is 4. The third-order valence-electron chi connectivity index (χ3n) is 3.39. The highest BCUT2D eigenvalue weighted by molar-refractivity contribution is 6.29. The Balaban J connectivity index is 2.05. The molecule has 19 heavy (non-hydrogen) atoms. The minimum Gasteiger partial charge on any atom is -0.384 e. The second kappa shape index (κ2) is 5.75. The van der Waals surface area contributed by atoms with E-state index in [2.05, 4.69) is 23.7 Å². The van der Waals surface area contributed by atoms with Crippen LogP contribution in [0.3, 0.4) is 0 Å². The quantitative estimate of drug-likeness (QED) is 0.835. The van der Waals surface area contributed by atoms with Crippen molar-refractivity contribution >= 4 is 23.3 Å². The van der Waals surface area contributed by atoms with Gasteiger partial charge in [-0.05, 0) is 26.0 Å². The van der Waals surface area contributed by atoms with Gasteiger partial charge in [0.15, 0.2) is 0 Å². The highest BCUT2D eigenvalue weighted by Gasteiger charge is 2.23. The minimum absolute atomic E-state index is 0.0283. The Hall–Kier alpha value is -1.33. The van der Waals surface area contributed by atoms with E-state index in [-0.39, 0.29) is 16.9 Å². The van der Waals surface area contributed by atoms with E-state index in [1.165, 1.54) is 0 Å². The average Bonchev–Trinajstić information content (AvgIpc) is 2.37. The summed E-state index contributed by atoms with van der Waals surface area (Å²) >= 11 is 5.83. The number of piperazine rings is 1. The normalized spacial score (nSPS) is 16.9. The molecule has 1 aliphatic heterocycles. The molecule has 5 nitrogen and oxygen atoms in total. The molecule has 2 N–H and O–H groups in total. The summed E-state index contributed by atoms with van der Waals surface area (Å²) in [6.45, 7) is 7.60. The van der Waals surface area contributed by atoms with Crippen LogP contribution in [0.5, 0.6) is 0 Å². The van der Waals surface area contributed by atoms with E-state index in [0.717, 1.165) is 26.2 Å². The van der Waals surface area contributed by atoms with Crippen LogP contribution >= 0.6 is 11.6 Å². The molecule has 6 heteroatoms. The molecule has 1 fully saturated rings. The third kappa shape index (κ3) is 3.36. The molecule has 1 aliphatic rings. The highest BCUT2D eigenvalue weighted by Crippen LogP contribution is 2.16. The van der Waals surface area contributed by atoms with Crippen LogP contribution in [0.4, 0.5) is 5.82 Å². The minimum atomic E-state index is -0.0283. The lowest BCUT2D eigenvalue weighted by Gasteiger charge is -2.37. The van der Waals surface area contributed by atoms with Crippen molar-refractivity contribution in [1.82, 2.24) is 14.8 Å². The topological polar surface area (TPSA) is 62.5 Å². The lowest BCUT2D eigenvalue weighted by molar-refractivity contribution is 0.0595. The fourth-order valence-electron chi connectivity index (χ4n) is 2.26. The van der Waals surface area contributed by atoms with E-state index in [1.807, 2.05) is 4.90 Å². The summed E-state index contributed by atoms with van der Waals surface area (Å²) < 4.78 is 0. The second-order valence-corrected chi connectivity index (χ2v) is 5.41. The summed E-state index contributed by atoms with van der Waals surface area (Å²) in [5.74, 6) is 0.246. The number of aromatic nitrogens is 1. The molecule has 0 atom stereocenters. The summed E-state index contributed by atoms with van der Waals surface area (Å²) in [5, 5.41) is 0.254. The first-order valence-corrected chi connectivity index (χ1v) is 6.81. The summed E-state index contributed by atoms with van der Waals surface area (Å²) in [6, 6.07) is 3.65. The van der Waals surface area contributed by atoms with E-state index < -0.39 is 0 Å². The van der Waals surface area contributed by atoms with Gasteiger partial charge in [-0.15, -0.1) is 0 Å². The summed E-state index contributed by atoms with van der Waals surface area (Å²) in [4.78, 5) is 20.4. The van der Waals surface area contributed by atoms with Crippen molar-refractivity contribution in [1.29, 1.82) is 0 Å². The maximum Gasteiger partial charge on any atom is 0.254 e. The van der Waals surface area contributed by atoms with Crippen molar-refractivity contribution in [3.05, 3.63) is 22.8 Å².